The number of halogens is 4. The van der Waals surface area contributed by atoms with E-state index < -0.39 is 26.3 Å². The van der Waals surface area contributed by atoms with Gasteiger partial charge in [-0.2, -0.15) is 0 Å². The second-order valence-electron chi connectivity index (χ2n) is 4.85. The zero-order chi connectivity index (χ0) is 13.3. The molecular weight excluding hydrogens is 247 g/mol. The first-order chi connectivity index (χ1) is 7.58. The van der Waals surface area contributed by atoms with Gasteiger partial charge in [-0.1, -0.05) is 37.7 Å². The van der Waals surface area contributed by atoms with Crippen molar-refractivity contribution in [3.8, 4) is 11.5 Å². The van der Waals surface area contributed by atoms with Gasteiger partial charge in [0.05, 0.1) is 0 Å². The molecule has 0 amide bonds. The SMILES string of the molecule is C[Si](C)(C)C#Cc1cc(F)cc([B-](F)(F)F)c1. The highest BCUT2D eigenvalue weighted by Crippen LogP contribution is 2.12. The molecule has 1 aromatic rings. The molecule has 92 valence electrons. The van der Waals surface area contributed by atoms with E-state index in [2.05, 4.69) is 11.5 Å². The molecule has 0 aliphatic carbocycles. The Labute approximate surface area is 99.1 Å². The van der Waals surface area contributed by atoms with Gasteiger partial charge in [0, 0.05) is 5.56 Å². The van der Waals surface area contributed by atoms with Crippen LogP contribution in [-0.4, -0.2) is 15.1 Å². The first-order valence-corrected chi connectivity index (χ1v) is 8.61. The molecule has 0 saturated heterocycles. The monoisotopic (exact) mass is 259 g/mol. The highest BCUT2D eigenvalue weighted by Gasteiger charge is 2.26. The minimum Gasteiger partial charge on any atom is -0.445 e. The summed E-state index contributed by atoms with van der Waals surface area (Å²) in [6.07, 6.45) is 0. The first kappa shape index (κ1) is 13.8. The minimum atomic E-state index is -5.18. The Bertz CT molecular complexity index is 477. The molecule has 0 saturated carbocycles. The van der Waals surface area contributed by atoms with Gasteiger partial charge in [-0.15, -0.1) is 11.0 Å². The maximum atomic E-state index is 13.0. The van der Waals surface area contributed by atoms with E-state index in [4.69, 9.17) is 0 Å². The fourth-order valence-corrected chi connectivity index (χ4v) is 1.65. The molecule has 0 aliphatic rings. The van der Waals surface area contributed by atoms with Crippen molar-refractivity contribution in [3.05, 3.63) is 29.6 Å². The van der Waals surface area contributed by atoms with E-state index in [1.807, 2.05) is 19.6 Å². The summed E-state index contributed by atoms with van der Waals surface area (Å²) in [6, 6.07) is 2.42. The van der Waals surface area contributed by atoms with E-state index in [0.717, 1.165) is 12.1 Å². The molecule has 0 aliphatic heterocycles. The summed E-state index contributed by atoms with van der Waals surface area (Å²) in [5, 5.41) is 0. The van der Waals surface area contributed by atoms with Gasteiger partial charge < -0.3 is 12.9 Å². The molecule has 1 rings (SSSR count). The largest absolute Gasteiger partial charge is 0.509 e. The normalized spacial score (nSPS) is 11.9. The second-order valence-corrected chi connectivity index (χ2v) is 9.60. The van der Waals surface area contributed by atoms with Crippen LogP contribution in [0.15, 0.2) is 18.2 Å². The van der Waals surface area contributed by atoms with Gasteiger partial charge in [-0.3, -0.25) is 0 Å². The lowest BCUT2D eigenvalue weighted by atomic mass is 9.79. The Morgan fingerprint density at radius 3 is 2.12 bits per heavy atom. The molecule has 0 heterocycles. The van der Waals surface area contributed by atoms with Crippen LogP contribution >= 0.6 is 0 Å². The van der Waals surface area contributed by atoms with Crippen molar-refractivity contribution in [2.45, 2.75) is 19.6 Å². The van der Waals surface area contributed by atoms with E-state index in [-0.39, 0.29) is 5.56 Å². The van der Waals surface area contributed by atoms with E-state index in [0.29, 0.717) is 6.07 Å². The number of rotatable bonds is 1. The van der Waals surface area contributed by atoms with Crippen molar-refractivity contribution < 1.29 is 17.3 Å². The van der Waals surface area contributed by atoms with Crippen LogP contribution in [-0.2, 0) is 0 Å². The zero-order valence-electron chi connectivity index (χ0n) is 9.82. The predicted octanol–water partition coefficient (Wildman–Crippen LogP) is 3.11. The Morgan fingerprint density at radius 2 is 1.65 bits per heavy atom. The van der Waals surface area contributed by atoms with Crippen LogP contribution in [0.25, 0.3) is 0 Å². The molecule has 6 heteroatoms. The van der Waals surface area contributed by atoms with Crippen LogP contribution in [0.5, 0.6) is 0 Å². The Kier molecular flexibility index (Phi) is 3.72. The zero-order valence-corrected chi connectivity index (χ0v) is 10.8. The van der Waals surface area contributed by atoms with Gasteiger partial charge in [-0.05, 0) is 6.07 Å². The molecule has 0 fully saturated rings. The fraction of sp³-hybridized carbons (Fsp3) is 0.273. The van der Waals surface area contributed by atoms with Gasteiger partial charge in [-0.25, -0.2) is 4.39 Å². The molecule has 0 aromatic heterocycles. The number of hydrogen-bond donors (Lipinski definition) is 0. The molecule has 17 heavy (non-hydrogen) atoms. The molecule has 0 spiro atoms. The lowest BCUT2D eigenvalue weighted by molar-refractivity contribution is 0.500. The van der Waals surface area contributed by atoms with Crippen LogP contribution in [0, 0.1) is 17.3 Å². The van der Waals surface area contributed by atoms with Crippen LogP contribution < -0.4 is 5.46 Å². The first-order valence-electron chi connectivity index (χ1n) is 5.11. The maximum Gasteiger partial charge on any atom is 0.509 e. The maximum absolute atomic E-state index is 13.0. The summed E-state index contributed by atoms with van der Waals surface area (Å²) >= 11 is 0. The molecule has 0 radical (unpaired) electrons. The van der Waals surface area contributed by atoms with Crippen molar-refractivity contribution in [1.29, 1.82) is 0 Å². The van der Waals surface area contributed by atoms with Crippen LogP contribution in [0.4, 0.5) is 17.3 Å². The van der Waals surface area contributed by atoms with E-state index in [1.165, 1.54) is 0 Å². The summed E-state index contributed by atoms with van der Waals surface area (Å²) < 4.78 is 50.5. The highest BCUT2D eigenvalue weighted by atomic mass is 28.3. The molecule has 0 atom stereocenters. The predicted molar refractivity (Wildman–Crippen MR) is 65.3 cm³/mol. The number of benzene rings is 1. The van der Waals surface area contributed by atoms with Crippen molar-refractivity contribution in [2.24, 2.45) is 0 Å². The smallest absolute Gasteiger partial charge is 0.445 e. The minimum absolute atomic E-state index is 0.0848. The van der Waals surface area contributed by atoms with Crippen molar-refractivity contribution in [1.82, 2.24) is 0 Å². The average molecular weight is 259 g/mol. The second kappa shape index (κ2) is 4.57. The number of hydrogen-bond acceptors (Lipinski definition) is 0. The molecule has 0 N–H and O–H groups in total. The molecule has 0 bridgehead atoms. The topological polar surface area (TPSA) is 0 Å². The van der Waals surface area contributed by atoms with E-state index >= 15 is 0 Å². The Hall–Kier alpha value is -1.22. The molecule has 0 nitrogen and oxygen atoms in total. The van der Waals surface area contributed by atoms with E-state index in [1.54, 1.807) is 0 Å². The Morgan fingerprint density at radius 1 is 1.06 bits per heavy atom. The molecule has 0 unspecified atom stereocenters. The van der Waals surface area contributed by atoms with Crippen LogP contribution in [0.1, 0.15) is 5.56 Å². The van der Waals surface area contributed by atoms with Gasteiger partial charge >= 0.3 is 6.98 Å². The lowest BCUT2D eigenvalue weighted by Gasteiger charge is -2.15. The van der Waals surface area contributed by atoms with Crippen LogP contribution in [0.2, 0.25) is 19.6 Å². The third-order valence-corrected chi connectivity index (χ3v) is 2.75. The van der Waals surface area contributed by atoms with Gasteiger partial charge in [0.2, 0.25) is 0 Å². The average Bonchev–Trinajstić information content (AvgIpc) is 2.11. The summed E-state index contributed by atoms with van der Waals surface area (Å²) in [6.45, 7) is 0.714. The summed E-state index contributed by atoms with van der Waals surface area (Å²) in [7, 11) is -1.68. The lowest BCUT2D eigenvalue weighted by Crippen LogP contribution is -2.34. The standard InChI is InChI=1S/C11H12BF4Si/c1-17(2,3)5-4-9-6-10(12(14,15)16)8-11(13)7-9/h6-8H,1-3H3/q-1. The third kappa shape index (κ3) is 4.65. The quantitative estimate of drug-likeness (QED) is 0.413. The molecule has 1 aromatic carbocycles. The van der Waals surface area contributed by atoms with Crippen molar-refractivity contribution in [2.75, 3.05) is 0 Å². The third-order valence-electron chi connectivity index (χ3n) is 1.88. The summed E-state index contributed by atoms with van der Waals surface area (Å²) in [5.74, 6) is 1.72. The van der Waals surface area contributed by atoms with E-state index in [9.17, 15) is 17.3 Å². The fourth-order valence-electron chi connectivity index (χ4n) is 1.13. The molecular formula is C11H12BF4Si-. The van der Waals surface area contributed by atoms with Crippen molar-refractivity contribution in [3.63, 3.8) is 0 Å². The Balaban J connectivity index is 3.18. The van der Waals surface area contributed by atoms with Gasteiger partial charge in [0.15, 0.2) is 0 Å². The highest BCUT2D eigenvalue weighted by molar-refractivity contribution is 6.83. The van der Waals surface area contributed by atoms with Crippen molar-refractivity contribution >= 4 is 20.5 Å². The van der Waals surface area contributed by atoms with Gasteiger partial charge in [0.1, 0.15) is 13.9 Å². The summed E-state index contributed by atoms with van der Waals surface area (Å²) in [5.41, 5.74) is 2.05. The van der Waals surface area contributed by atoms with Crippen LogP contribution in [0.3, 0.4) is 0 Å². The van der Waals surface area contributed by atoms with Gasteiger partial charge in [0.25, 0.3) is 0 Å². The summed E-state index contributed by atoms with van der Waals surface area (Å²) in [4.78, 5) is 0.